The zero-order chi connectivity index (χ0) is 20.1. The van der Waals surface area contributed by atoms with Gasteiger partial charge in [0, 0.05) is 19.3 Å². The van der Waals surface area contributed by atoms with E-state index in [0.717, 1.165) is 29.8 Å². The number of fused-ring (bicyclic) bond motifs is 1. The van der Waals surface area contributed by atoms with Crippen molar-refractivity contribution in [1.29, 1.82) is 0 Å². The van der Waals surface area contributed by atoms with Gasteiger partial charge in [-0.2, -0.15) is 0 Å². The number of anilines is 1. The maximum Gasteiger partial charge on any atom is 0.258 e. The van der Waals surface area contributed by atoms with Gasteiger partial charge in [0.25, 0.3) is 5.91 Å². The summed E-state index contributed by atoms with van der Waals surface area (Å²) in [6, 6.07) is 15.8. The maximum absolute atomic E-state index is 13.3. The molecule has 1 heterocycles. The van der Waals surface area contributed by atoms with E-state index < -0.39 is 5.66 Å². The molecular formula is C23H30N2O3. The number of para-hydroxylation sites is 1. The molecule has 150 valence electrons. The van der Waals surface area contributed by atoms with Gasteiger partial charge in [-0.1, -0.05) is 38.1 Å². The van der Waals surface area contributed by atoms with E-state index in [1.807, 2.05) is 41.3 Å². The minimum atomic E-state index is -0.626. The minimum Gasteiger partial charge on any atom is -0.491 e. The molecule has 0 saturated heterocycles. The highest BCUT2D eigenvalue weighted by Gasteiger charge is 2.44. The second-order valence-electron chi connectivity index (χ2n) is 7.20. The first-order valence-electron chi connectivity index (χ1n) is 10.0. The number of ether oxygens (including phenoxy) is 2. The molecule has 2 aromatic carbocycles. The zero-order valence-corrected chi connectivity index (χ0v) is 17.2. The Morgan fingerprint density at radius 2 is 1.82 bits per heavy atom. The minimum absolute atomic E-state index is 0.0215. The molecule has 1 aliphatic rings. The van der Waals surface area contributed by atoms with Crippen LogP contribution < -0.4 is 10.1 Å². The number of rotatable bonds is 8. The fourth-order valence-corrected chi connectivity index (χ4v) is 3.70. The van der Waals surface area contributed by atoms with E-state index in [1.165, 1.54) is 0 Å². The van der Waals surface area contributed by atoms with Gasteiger partial charge in [0.2, 0.25) is 0 Å². The number of carbonyl (C=O) groups is 1. The lowest BCUT2D eigenvalue weighted by molar-refractivity contribution is 0.0381. The van der Waals surface area contributed by atoms with Crippen molar-refractivity contribution in [3.05, 3.63) is 59.7 Å². The number of hydrogen-bond donors (Lipinski definition) is 1. The van der Waals surface area contributed by atoms with Crippen LogP contribution in [0.4, 0.5) is 5.69 Å². The Bertz CT molecular complexity index is 806. The lowest BCUT2D eigenvalue weighted by Crippen LogP contribution is -2.58. The maximum atomic E-state index is 13.3. The number of benzene rings is 2. The number of nitrogens with zero attached hydrogens (tertiary/aromatic N) is 1. The van der Waals surface area contributed by atoms with Crippen LogP contribution in [-0.4, -0.2) is 37.2 Å². The highest BCUT2D eigenvalue weighted by Crippen LogP contribution is 2.40. The van der Waals surface area contributed by atoms with Crippen molar-refractivity contribution >= 4 is 11.6 Å². The second-order valence-corrected chi connectivity index (χ2v) is 7.20. The van der Waals surface area contributed by atoms with Crippen LogP contribution in [0, 0.1) is 0 Å². The first kappa shape index (κ1) is 20.2. The van der Waals surface area contributed by atoms with Crippen LogP contribution in [0.3, 0.4) is 0 Å². The van der Waals surface area contributed by atoms with Crippen LogP contribution in [0.5, 0.6) is 5.75 Å². The third kappa shape index (κ3) is 3.72. The molecule has 0 aromatic heterocycles. The summed E-state index contributed by atoms with van der Waals surface area (Å²) in [6.07, 6.45) is 1.85. The quantitative estimate of drug-likeness (QED) is 0.723. The third-order valence-corrected chi connectivity index (χ3v) is 5.48. The Morgan fingerprint density at radius 3 is 2.46 bits per heavy atom. The Kier molecular flexibility index (Phi) is 6.25. The Hall–Kier alpha value is -2.53. The van der Waals surface area contributed by atoms with Crippen LogP contribution in [0.2, 0.25) is 0 Å². The number of hydrogen-bond acceptors (Lipinski definition) is 4. The zero-order valence-electron chi connectivity index (χ0n) is 17.2. The molecule has 0 aliphatic carbocycles. The van der Waals surface area contributed by atoms with Crippen molar-refractivity contribution in [2.24, 2.45) is 0 Å². The number of methoxy groups -OCH3 is 1. The predicted octanol–water partition coefficient (Wildman–Crippen LogP) is 4.64. The average Bonchev–Trinajstić information content (AvgIpc) is 2.73. The van der Waals surface area contributed by atoms with Crippen molar-refractivity contribution in [1.82, 2.24) is 4.90 Å². The van der Waals surface area contributed by atoms with Crippen LogP contribution in [-0.2, 0) is 10.4 Å². The van der Waals surface area contributed by atoms with Crippen molar-refractivity contribution < 1.29 is 14.3 Å². The second kappa shape index (κ2) is 8.65. The van der Waals surface area contributed by atoms with Gasteiger partial charge in [0.1, 0.15) is 11.4 Å². The SMILES string of the molecule is CCC(C)Oc1ccc(C2(CC)Nc3ccccc3C(=O)N2CCOC)cc1. The van der Waals surface area contributed by atoms with E-state index in [9.17, 15) is 4.79 Å². The molecule has 2 unspecified atom stereocenters. The Morgan fingerprint density at radius 1 is 1.11 bits per heavy atom. The number of nitrogens with one attached hydrogen (secondary N) is 1. The van der Waals surface area contributed by atoms with Crippen LogP contribution >= 0.6 is 0 Å². The van der Waals surface area contributed by atoms with E-state index in [0.29, 0.717) is 18.7 Å². The Labute approximate surface area is 167 Å². The third-order valence-electron chi connectivity index (χ3n) is 5.48. The molecule has 0 radical (unpaired) electrons. The van der Waals surface area contributed by atoms with Gasteiger partial charge in [0.15, 0.2) is 0 Å². The van der Waals surface area contributed by atoms with Crippen molar-refractivity contribution in [2.75, 3.05) is 25.6 Å². The van der Waals surface area contributed by atoms with Gasteiger partial charge < -0.3 is 19.7 Å². The summed E-state index contributed by atoms with van der Waals surface area (Å²) in [5.41, 5.74) is 1.96. The average molecular weight is 383 g/mol. The number of carbonyl (C=O) groups excluding carboxylic acids is 1. The molecule has 28 heavy (non-hydrogen) atoms. The summed E-state index contributed by atoms with van der Waals surface area (Å²) in [7, 11) is 1.66. The molecule has 0 saturated carbocycles. The molecule has 2 atom stereocenters. The monoisotopic (exact) mass is 382 g/mol. The predicted molar refractivity (Wildman–Crippen MR) is 112 cm³/mol. The summed E-state index contributed by atoms with van der Waals surface area (Å²) in [6.45, 7) is 7.25. The van der Waals surface area contributed by atoms with Crippen LogP contribution in [0.15, 0.2) is 48.5 Å². The lowest BCUT2D eigenvalue weighted by atomic mass is 9.89. The van der Waals surface area contributed by atoms with Gasteiger partial charge in [-0.15, -0.1) is 0 Å². The molecule has 5 heteroatoms. The molecular weight excluding hydrogens is 352 g/mol. The fourth-order valence-electron chi connectivity index (χ4n) is 3.70. The molecule has 0 spiro atoms. The van der Waals surface area contributed by atoms with Crippen molar-refractivity contribution in [3.8, 4) is 5.75 Å². The van der Waals surface area contributed by atoms with E-state index in [4.69, 9.17) is 9.47 Å². The van der Waals surface area contributed by atoms with Crippen molar-refractivity contribution in [2.45, 2.75) is 45.4 Å². The van der Waals surface area contributed by atoms with Gasteiger partial charge in [-0.25, -0.2) is 0 Å². The molecule has 1 N–H and O–H groups in total. The van der Waals surface area contributed by atoms with Gasteiger partial charge in [0.05, 0.1) is 18.3 Å². The smallest absolute Gasteiger partial charge is 0.258 e. The van der Waals surface area contributed by atoms with E-state index in [1.54, 1.807) is 7.11 Å². The molecule has 0 bridgehead atoms. The Balaban J connectivity index is 2.01. The molecule has 0 fully saturated rings. The van der Waals surface area contributed by atoms with E-state index >= 15 is 0 Å². The van der Waals surface area contributed by atoms with Crippen LogP contribution in [0.25, 0.3) is 0 Å². The van der Waals surface area contributed by atoms with Gasteiger partial charge in [-0.05, 0) is 49.6 Å². The summed E-state index contributed by atoms with van der Waals surface area (Å²) in [4.78, 5) is 15.2. The summed E-state index contributed by atoms with van der Waals surface area (Å²) in [5.74, 6) is 0.864. The summed E-state index contributed by atoms with van der Waals surface area (Å²) >= 11 is 0. The first-order chi connectivity index (χ1) is 13.6. The van der Waals surface area contributed by atoms with E-state index in [-0.39, 0.29) is 12.0 Å². The van der Waals surface area contributed by atoms with Gasteiger partial charge >= 0.3 is 0 Å². The molecule has 2 aromatic rings. The first-order valence-corrected chi connectivity index (χ1v) is 10.0. The van der Waals surface area contributed by atoms with E-state index in [2.05, 4.69) is 38.2 Å². The molecule has 3 rings (SSSR count). The van der Waals surface area contributed by atoms with Crippen molar-refractivity contribution in [3.63, 3.8) is 0 Å². The highest BCUT2D eigenvalue weighted by molar-refractivity contribution is 6.02. The highest BCUT2D eigenvalue weighted by atomic mass is 16.5. The number of amides is 1. The lowest BCUT2D eigenvalue weighted by Gasteiger charge is -2.48. The topological polar surface area (TPSA) is 50.8 Å². The normalized spacial score (nSPS) is 19.7. The van der Waals surface area contributed by atoms with Gasteiger partial charge in [-0.3, -0.25) is 4.79 Å². The molecule has 5 nitrogen and oxygen atoms in total. The summed E-state index contributed by atoms with van der Waals surface area (Å²) < 4.78 is 11.2. The summed E-state index contributed by atoms with van der Waals surface area (Å²) in [5, 5.41) is 3.65. The standard InChI is InChI=1S/C23H30N2O3/c1-5-17(3)28-19-13-11-18(12-14-19)23(6-2)24-21-10-8-7-9-20(21)22(26)25(23)15-16-27-4/h7-14,17,24H,5-6,15-16H2,1-4H3. The molecule has 1 aliphatic heterocycles. The molecule has 1 amide bonds. The largest absolute Gasteiger partial charge is 0.491 e. The fraction of sp³-hybridized carbons (Fsp3) is 0.435. The van der Waals surface area contributed by atoms with Crippen LogP contribution in [0.1, 0.15) is 49.5 Å².